The van der Waals surface area contributed by atoms with Gasteiger partial charge in [0.15, 0.2) is 0 Å². The Bertz CT molecular complexity index is 516. The highest BCUT2D eigenvalue weighted by atomic mass is 35.5. The zero-order valence-corrected chi connectivity index (χ0v) is 11.4. The molecule has 1 aliphatic rings. The van der Waals surface area contributed by atoms with Crippen LogP contribution in [0.2, 0.25) is 5.02 Å². The van der Waals surface area contributed by atoms with E-state index in [1.54, 1.807) is 7.11 Å². The average Bonchev–Trinajstić information content (AvgIpc) is 2.81. The van der Waals surface area contributed by atoms with Crippen LogP contribution in [0.25, 0.3) is 0 Å². The number of ether oxygens (including phenoxy) is 1. The second-order valence-corrected chi connectivity index (χ2v) is 5.82. The number of benzene rings is 1. The van der Waals surface area contributed by atoms with Crippen molar-refractivity contribution in [2.45, 2.75) is 32.6 Å². The van der Waals surface area contributed by atoms with Crippen LogP contribution in [0, 0.1) is 23.7 Å². The highest BCUT2D eigenvalue weighted by Crippen LogP contribution is 2.65. The molecule has 0 radical (unpaired) electrons. The third-order valence-corrected chi connectivity index (χ3v) is 4.05. The Morgan fingerprint density at radius 3 is 2.41 bits per heavy atom. The van der Waals surface area contributed by atoms with E-state index in [4.69, 9.17) is 16.3 Å². The summed E-state index contributed by atoms with van der Waals surface area (Å²) in [5, 5.41) is 10.2. The van der Waals surface area contributed by atoms with Crippen molar-refractivity contribution in [3.8, 4) is 11.8 Å². The minimum absolute atomic E-state index is 0.00779. The Kier molecular flexibility index (Phi) is 2.63. The van der Waals surface area contributed by atoms with Crippen LogP contribution < -0.4 is 4.74 Å². The quantitative estimate of drug-likeness (QED) is 0.798. The molecule has 1 aliphatic carbocycles. The summed E-state index contributed by atoms with van der Waals surface area (Å²) in [4.78, 5) is 0. The second kappa shape index (κ2) is 3.65. The molecule has 1 fully saturated rings. The molecule has 0 N–H and O–H groups in total. The normalized spacial score (nSPS) is 25.2. The fourth-order valence-corrected chi connectivity index (χ4v) is 2.92. The lowest BCUT2D eigenvalue weighted by Crippen LogP contribution is -2.13. The summed E-state index contributed by atoms with van der Waals surface area (Å²) in [6.07, 6.45) is 0.854. The van der Waals surface area contributed by atoms with Gasteiger partial charge in [0, 0.05) is 10.6 Å². The van der Waals surface area contributed by atoms with Crippen LogP contribution in [0.4, 0.5) is 0 Å². The van der Waals surface area contributed by atoms with Crippen molar-refractivity contribution in [2.24, 2.45) is 5.41 Å². The zero-order valence-electron chi connectivity index (χ0n) is 10.6. The van der Waals surface area contributed by atoms with Gasteiger partial charge in [-0.25, -0.2) is 0 Å². The largest absolute Gasteiger partial charge is 0.496 e. The maximum Gasteiger partial charge on any atom is 0.126 e. The van der Waals surface area contributed by atoms with Crippen LogP contribution in [-0.2, 0) is 5.41 Å². The van der Waals surface area contributed by atoms with Gasteiger partial charge in [-0.15, -0.1) is 0 Å². The Balaban J connectivity index is 2.65. The van der Waals surface area contributed by atoms with E-state index in [1.807, 2.05) is 19.1 Å². The van der Waals surface area contributed by atoms with Gasteiger partial charge in [0.25, 0.3) is 0 Å². The number of hydrogen-bond acceptors (Lipinski definition) is 2. The van der Waals surface area contributed by atoms with Crippen LogP contribution in [0.5, 0.6) is 5.75 Å². The standard InChI is InChI=1S/C14H16ClNO/c1-9-5-10(15)6-11(12(9)17-4)14(8-16)7-13(14,2)3/h5-6H,7H2,1-4H3. The summed E-state index contributed by atoms with van der Waals surface area (Å²) in [5.41, 5.74) is 1.45. The van der Waals surface area contributed by atoms with Crippen molar-refractivity contribution in [1.29, 1.82) is 5.26 Å². The summed E-state index contributed by atoms with van der Waals surface area (Å²) in [5.74, 6) is 0.793. The topological polar surface area (TPSA) is 33.0 Å². The van der Waals surface area contributed by atoms with E-state index >= 15 is 0 Å². The smallest absolute Gasteiger partial charge is 0.126 e. The molecule has 1 aromatic rings. The maximum atomic E-state index is 9.50. The van der Waals surface area contributed by atoms with Gasteiger partial charge in [0.05, 0.1) is 18.6 Å². The minimum Gasteiger partial charge on any atom is -0.496 e. The first-order valence-corrected chi connectivity index (χ1v) is 6.01. The number of nitrogens with zero attached hydrogens (tertiary/aromatic N) is 1. The van der Waals surface area contributed by atoms with E-state index in [1.165, 1.54) is 0 Å². The van der Waals surface area contributed by atoms with Gasteiger partial charge >= 0.3 is 0 Å². The molecule has 2 nitrogen and oxygen atoms in total. The van der Waals surface area contributed by atoms with Crippen molar-refractivity contribution in [3.63, 3.8) is 0 Å². The predicted octanol–water partition coefficient (Wildman–Crippen LogP) is 3.85. The molecule has 0 heterocycles. The lowest BCUT2D eigenvalue weighted by molar-refractivity contribution is 0.400. The van der Waals surface area contributed by atoms with Crippen molar-refractivity contribution in [3.05, 3.63) is 28.3 Å². The lowest BCUT2D eigenvalue weighted by Gasteiger charge is -2.18. The lowest BCUT2D eigenvalue weighted by atomic mass is 9.87. The fraction of sp³-hybridized carbons (Fsp3) is 0.500. The van der Waals surface area contributed by atoms with Crippen LogP contribution >= 0.6 is 11.6 Å². The molecule has 0 bridgehead atoms. The molecule has 1 aromatic carbocycles. The van der Waals surface area contributed by atoms with Crippen LogP contribution in [0.3, 0.4) is 0 Å². The molecule has 0 amide bonds. The average molecular weight is 250 g/mol. The van der Waals surface area contributed by atoms with E-state index in [9.17, 15) is 5.26 Å². The number of rotatable bonds is 2. The van der Waals surface area contributed by atoms with Gasteiger partial charge in [0.1, 0.15) is 5.75 Å². The van der Waals surface area contributed by atoms with Gasteiger partial charge in [0.2, 0.25) is 0 Å². The van der Waals surface area contributed by atoms with Crippen LogP contribution in [0.1, 0.15) is 31.4 Å². The molecule has 17 heavy (non-hydrogen) atoms. The Labute approximate surface area is 107 Å². The highest BCUT2D eigenvalue weighted by molar-refractivity contribution is 6.30. The minimum atomic E-state index is -0.450. The molecule has 0 saturated heterocycles. The predicted molar refractivity (Wildman–Crippen MR) is 68.4 cm³/mol. The molecule has 3 heteroatoms. The van der Waals surface area contributed by atoms with Crippen LogP contribution in [0.15, 0.2) is 12.1 Å². The molecule has 0 aromatic heterocycles. The highest BCUT2D eigenvalue weighted by Gasteiger charge is 2.64. The molecule has 90 valence electrons. The van der Waals surface area contributed by atoms with Gasteiger partial charge in [-0.05, 0) is 36.5 Å². The van der Waals surface area contributed by atoms with Crippen LogP contribution in [-0.4, -0.2) is 7.11 Å². The Morgan fingerprint density at radius 2 is 2.00 bits per heavy atom. The monoisotopic (exact) mass is 249 g/mol. The molecule has 0 spiro atoms. The first-order chi connectivity index (χ1) is 7.88. The number of aryl methyl sites for hydroxylation is 1. The first kappa shape index (κ1) is 12.3. The summed E-state index contributed by atoms with van der Waals surface area (Å²) < 4.78 is 5.44. The third kappa shape index (κ3) is 1.61. The third-order valence-electron chi connectivity index (χ3n) is 3.83. The summed E-state index contributed by atoms with van der Waals surface area (Å²) >= 11 is 6.10. The van der Waals surface area contributed by atoms with Gasteiger partial charge in [-0.1, -0.05) is 25.4 Å². The van der Waals surface area contributed by atoms with E-state index < -0.39 is 5.41 Å². The molecule has 2 rings (SSSR count). The van der Waals surface area contributed by atoms with Crippen molar-refractivity contribution < 1.29 is 4.74 Å². The second-order valence-electron chi connectivity index (χ2n) is 5.38. The summed E-state index contributed by atoms with van der Waals surface area (Å²) in [7, 11) is 1.64. The fourth-order valence-electron chi connectivity index (χ4n) is 2.65. The number of nitriles is 1. The van der Waals surface area contributed by atoms with E-state index in [0.717, 1.165) is 23.3 Å². The SMILES string of the molecule is COc1c(C)cc(Cl)cc1C1(C#N)CC1(C)C. The molecule has 1 unspecified atom stereocenters. The van der Waals surface area contributed by atoms with Gasteiger partial charge in [-0.3, -0.25) is 0 Å². The van der Waals surface area contributed by atoms with E-state index in [2.05, 4.69) is 19.9 Å². The van der Waals surface area contributed by atoms with E-state index in [0.29, 0.717) is 5.02 Å². The van der Waals surface area contributed by atoms with E-state index in [-0.39, 0.29) is 5.41 Å². The maximum absolute atomic E-state index is 9.50. The Hall–Kier alpha value is -1.20. The number of hydrogen-bond donors (Lipinski definition) is 0. The number of methoxy groups -OCH3 is 1. The Morgan fingerprint density at radius 1 is 1.41 bits per heavy atom. The van der Waals surface area contributed by atoms with Crippen molar-refractivity contribution in [2.75, 3.05) is 7.11 Å². The van der Waals surface area contributed by atoms with Crippen molar-refractivity contribution >= 4 is 11.6 Å². The molecule has 0 aliphatic heterocycles. The van der Waals surface area contributed by atoms with Gasteiger partial charge in [-0.2, -0.15) is 5.26 Å². The summed E-state index contributed by atoms with van der Waals surface area (Å²) in [6.45, 7) is 6.16. The zero-order chi connectivity index (χ0) is 12.8. The first-order valence-electron chi connectivity index (χ1n) is 5.64. The summed E-state index contributed by atoms with van der Waals surface area (Å²) in [6, 6.07) is 6.18. The molecule has 1 saturated carbocycles. The molecular weight excluding hydrogens is 234 g/mol. The van der Waals surface area contributed by atoms with Gasteiger partial charge < -0.3 is 4.74 Å². The molecular formula is C14H16ClNO. The van der Waals surface area contributed by atoms with Crippen molar-refractivity contribution in [1.82, 2.24) is 0 Å². The number of halogens is 1. The molecule has 1 atom stereocenters.